The molecule has 1 aliphatic rings. The minimum atomic E-state index is 0.587. The Kier molecular flexibility index (Phi) is 3.91. The molecule has 0 bridgehead atoms. The Balaban J connectivity index is 2.23. The van der Waals surface area contributed by atoms with Crippen LogP contribution in [0.1, 0.15) is 43.7 Å². The maximum absolute atomic E-state index is 9.27. The summed E-state index contributed by atoms with van der Waals surface area (Å²) in [4.78, 5) is 2.31. The minimum Gasteiger partial charge on any atom is -0.371 e. The predicted molar refractivity (Wildman–Crippen MR) is 75.7 cm³/mol. The van der Waals surface area contributed by atoms with Crippen molar-refractivity contribution in [3.05, 3.63) is 29.3 Å². The summed E-state index contributed by atoms with van der Waals surface area (Å²) in [5.41, 5.74) is 3.04. The van der Waals surface area contributed by atoms with Crippen molar-refractivity contribution in [2.24, 2.45) is 5.92 Å². The molecule has 1 aromatic rings. The van der Waals surface area contributed by atoms with Gasteiger partial charge in [0, 0.05) is 13.1 Å². The lowest BCUT2D eigenvalue weighted by atomic mass is 9.86. The highest BCUT2D eigenvalue weighted by Gasteiger charge is 2.23. The zero-order valence-electron chi connectivity index (χ0n) is 11.6. The van der Waals surface area contributed by atoms with Crippen LogP contribution in [0.15, 0.2) is 18.2 Å². The molecule has 0 aromatic heterocycles. The van der Waals surface area contributed by atoms with Gasteiger partial charge in [-0.1, -0.05) is 25.8 Å². The molecule has 2 rings (SSSR count). The number of hydrogen-bond donors (Lipinski definition) is 0. The summed E-state index contributed by atoms with van der Waals surface area (Å²) in [6, 6.07) is 9.08. The van der Waals surface area contributed by atoms with Crippen molar-refractivity contribution < 1.29 is 0 Å². The Bertz CT molecular complexity index is 459. The van der Waals surface area contributed by atoms with Gasteiger partial charge in [0.1, 0.15) is 6.07 Å². The van der Waals surface area contributed by atoms with Gasteiger partial charge < -0.3 is 4.90 Å². The van der Waals surface area contributed by atoms with Gasteiger partial charge in [0.05, 0.1) is 11.3 Å². The highest BCUT2D eigenvalue weighted by atomic mass is 15.1. The van der Waals surface area contributed by atoms with Gasteiger partial charge in [-0.15, -0.1) is 0 Å². The molecule has 1 aromatic carbocycles. The quantitative estimate of drug-likeness (QED) is 0.787. The van der Waals surface area contributed by atoms with Crippen LogP contribution in [0.25, 0.3) is 0 Å². The molecule has 1 aliphatic carbocycles. The van der Waals surface area contributed by atoms with Crippen LogP contribution in [0.4, 0.5) is 5.69 Å². The summed E-state index contributed by atoms with van der Waals surface area (Å²) in [5.74, 6) is 0.808. The largest absolute Gasteiger partial charge is 0.371 e. The Morgan fingerprint density at radius 1 is 1.33 bits per heavy atom. The average Bonchev–Trinajstić information content (AvgIpc) is 2.37. The summed E-state index contributed by atoms with van der Waals surface area (Å²) in [6.07, 6.45) is 5.15. The van der Waals surface area contributed by atoms with Crippen LogP contribution in [-0.2, 0) is 0 Å². The van der Waals surface area contributed by atoms with Gasteiger partial charge in [-0.05, 0) is 43.4 Å². The number of anilines is 1. The van der Waals surface area contributed by atoms with E-state index in [4.69, 9.17) is 0 Å². The zero-order valence-corrected chi connectivity index (χ0v) is 11.6. The number of rotatable bonds is 2. The van der Waals surface area contributed by atoms with E-state index in [0.717, 1.165) is 22.7 Å². The first-order valence-corrected chi connectivity index (χ1v) is 6.85. The lowest BCUT2D eigenvalue weighted by molar-refractivity contribution is 0.336. The number of nitriles is 1. The van der Waals surface area contributed by atoms with Crippen molar-refractivity contribution in [1.29, 1.82) is 5.26 Å². The first-order valence-electron chi connectivity index (χ1n) is 6.85. The van der Waals surface area contributed by atoms with Crippen molar-refractivity contribution >= 4 is 5.69 Å². The van der Waals surface area contributed by atoms with Gasteiger partial charge in [0.2, 0.25) is 0 Å². The van der Waals surface area contributed by atoms with Gasteiger partial charge in [0.15, 0.2) is 0 Å². The van der Waals surface area contributed by atoms with Crippen LogP contribution in [0, 0.1) is 24.2 Å². The summed E-state index contributed by atoms with van der Waals surface area (Å²) in [6.45, 7) is 4.37. The second-order valence-corrected chi connectivity index (χ2v) is 5.67. The maximum atomic E-state index is 9.27. The Hall–Kier alpha value is -1.49. The molecule has 1 saturated carbocycles. The molecule has 2 nitrogen and oxygen atoms in total. The number of nitrogens with zero attached hydrogens (tertiary/aromatic N) is 2. The fourth-order valence-corrected chi connectivity index (χ4v) is 3.00. The summed E-state index contributed by atoms with van der Waals surface area (Å²) >= 11 is 0. The molecular formula is C16H22N2. The van der Waals surface area contributed by atoms with Gasteiger partial charge >= 0.3 is 0 Å². The van der Waals surface area contributed by atoms with E-state index < -0.39 is 0 Å². The zero-order chi connectivity index (χ0) is 13.1. The molecule has 2 atom stereocenters. The smallest absolute Gasteiger partial charge is 0.101 e. The van der Waals surface area contributed by atoms with Gasteiger partial charge in [-0.2, -0.15) is 5.26 Å². The highest BCUT2D eigenvalue weighted by molar-refractivity contribution is 5.60. The van der Waals surface area contributed by atoms with Gasteiger partial charge in [0.25, 0.3) is 0 Å². The lowest BCUT2D eigenvalue weighted by Gasteiger charge is -2.36. The second kappa shape index (κ2) is 5.44. The molecule has 0 spiro atoms. The van der Waals surface area contributed by atoms with Crippen LogP contribution < -0.4 is 4.90 Å². The van der Waals surface area contributed by atoms with Crippen molar-refractivity contribution in [2.75, 3.05) is 11.9 Å². The average molecular weight is 242 g/mol. The third-order valence-electron chi connectivity index (χ3n) is 4.11. The summed E-state index contributed by atoms with van der Waals surface area (Å²) in [5, 5.41) is 9.27. The Labute approximate surface area is 110 Å². The fourth-order valence-electron chi connectivity index (χ4n) is 3.00. The standard InChI is InChI=1S/C16H22N2/c1-12-5-4-6-15(10-12)18(3)16-8-7-13(2)9-14(16)11-17/h7-9,12,15H,4-6,10H2,1-3H3. The molecule has 2 unspecified atom stereocenters. The first-order chi connectivity index (χ1) is 8.61. The topological polar surface area (TPSA) is 27.0 Å². The molecular weight excluding hydrogens is 220 g/mol. The van der Waals surface area contributed by atoms with Crippen molar-refractivity contribution in [2.45, 2.75) is 45.6 Å². The molecule has 96 valence electrons. The predicted octanol–water partition coefficient (Wildman–Crippen LogP) is 3.88. The van der Waals surface area contributed by atoms with Crippen LogP contribution in [0.5, 0.6) is 0 Å². The Morgan fingerprint density at radius 2 is 2.11 bits per heavy atom. The number of hydrogen-bond acceptors (Lipinski definition) is 2. The molecule has 18 heavy (non-hydrogen) atoms. The van der Waals surface area contributed by atoms with Crippen LogP contribution in [0.2, 0.25) is 0 Å². The molecule has 0 heterocycles. The third-order valence-corrected chi connectivity index (χ3v) is 4.11. The van der Waals surface area contributed by atoms with E-state index in [2.05, 4.69) is 37.1 Å². The van der Waals surface area contributed by atoms with E-state index in [9.17, 15) is 5.26 Å². The SMILES string of the molecule is Cc1ccc(N(C)C2CCCC(C)C2)c(C#N)c1. The molecule has 0 radical (unpaired) electrons. The summed E-state index contributed by atoms with van der Waals surface area (Å²) in [7, 11) is 2.13. The molecule has 2 heteroatoms. The van der Waals surface area contributed by atoms with Crippen LogP contribution in [-0.4, -0.2) is 13.1 Å². The van der Waals surface area contributed by atoms with E-state index in [1.807, 2.05) is 13.0 Å². The van der Waals surface area contributed by atoms with E-state index in [-0.39, 0.29) is 0 Å². The number of aryl methyl sites for hydroxylation is 1. The molecule has 0 N–H and O–H groups in total. The van der Waals surface area contributed by atoms with E-state index >= 15 is 0 Å². The van der Waals surface area contributed by atoms with E-state index in [1.54, 1.807) is 0 Å². The molecule has 0 amide bonds. The normalized spacial score (nSPS) is 23.4. The van der Waals surface area contributed by atoms with Gasteiger partial charge in [-0.3, -0.25) is 0 Å². The van der Waals surface area contributed by atoms with Crippen molar-refractivity contribution in [1.82, 2.24) is 0 Å². The van der Waals surface area contributed by atoms with E-state index in [0.29, 0.717) is 6.04 Å². The Morgan fingerprint density at radius 3 is 2.78 bits per heavy atom. The molecule has 1 fully saturated rings. The molecule has 0 aliphatic heterocycles. The van der Waals surface area contributed by atoms with Gasteiger partial charge in [-0.25, -0.2) is 0 Å². The minimum absolute atomic E-state index is 0.587. The number of benzene rings is 1. The maximum Gasteiger partial charge on any atom is 0.101 e. The van der Waals surface area contributed by atoms with Crippen LogP contribution in [0.3, 0.4) is 0 Å². The lowest BCUT2D eigenvalue weighted by Crippen LogP contribution is -2.36. The molecule has 0 saturated heterocycles. The van der Waals surface area contributed by atoms with Crippen LogP contribution >= 0.6 is 0 Å². The first kappa shape index (κ1) is 13.0. The highest BCUT2D eigenvalue weighted by Crippen LogP contribution is 2.31. The van der Waals surface area contributed by atoms with E-state index in [1.165, 1.54) is 25.7 Å². The summed E-state index contributed by atoms with van der Waals surface area (Å²) < 4.78 is 0. The van der Waals surface area contributed by atoms with Crippen molar-refractivity contribution in [3.8, 4) is 6.07 Å². The monoisotopic (exact) mass is 242 g/mol. The fraction of sp³-hybridized carbons (Fsp3) is 0.562. The third kappa shape index (κ3) is 2.67. The second-order valence-electron chi connectivity index (χ2n) is 5.67. The van der Waals surface area contributed by atoms with Crippen molar-refractivity contribution in [3.63, 3.8) is 0 Å².